The van der Waals surface area contributed by atoms with Gasteiger partial charge in [-0.05, 0) is 11.5 Å². The number of benzene rings is 2. The average Bonchev–Trinajstić information content (AvgIpc) is 2.35. The van der Waals surface area contributed by atoms with Crippen LogP contribution in [0.3, 0.4) is 0 Å². The van der Waals surface area contributed by atoms with Gasteiger partial charge in [-0.3, -0.25) is 0 Å². The summed E-state index contributed by atoms with van der Waals surface area (Å²) in [7, 11) is 0. The van der Waals surface area contributed by atoms with Gasteiger partial charge in [-0.1, -0.05) is 36.4 Å². The zero-order valence-corrected chi connectivity index (χ0v) is 10.2. The zero-order chi connectivity index (χ0) is 11.4. The lowest BCUT2D eigenvalue weighted by Crippen LogP contribution is -2.13. The van der Waals surface area contributed by atoms with Crippen molar-refractivity contribution in [2.24, 2.45) is 0 Å². The molecule has 0 spiro atoms. The molecular formula is C13H12Cl2O. The molecule has 0 N–H and O–H groups in total. The van der Waals surface area contributed by atoms with Gasteiger partial charge in [-0.25, -0.2) is 0 Å². The largest absolute Gasteiger partial charge is 0.491 e. The highest BCUT2D eigenvalue weighted by atomic mass is 35.5. The molecule has 0 aromatic heterocycles. The van der Waals surface area contributed by atoms with Gasteiger partial charge < -0.3 is 4.74 Å². The van der Waals surface area contributed by atoms with Crippen molar-refractivity contribution < 1.29 is 4.74 Å². The molecule has 0 saturated heterocycles. The molecule has 0 aliphatic rings. The number of fused-ring (bicyclic) bond motifs is 1. The number of hydrogen-bond acceptors (Lipinski definition) is 1. The summed E-state index contributed by atoms with van der Waals surface area (Å²) in [6, 6.07) is 14.1. The molecule has 1 atom stereocenters. The maximum atomic E-state index is 5.91. The quantitative estimate of drug-likeness (QED) is 0.748. The summed E-state index contributed by atoms with van der Waals surface area (Å²) in [5, 5.41) is 2.11. The van der Waals surface area contributed by atoms with Gasteiger partial charge in [-0.2, -0.15) is 0 Å². The van der Waals surface area contributed by atoms with Crippen LogP contribution in [0, 0.1) is 0 Å². The molecule has 2 rings (SSSR count). The Morgan fingerprint density at radius 2 is 1.81 bits per heavy atom. The Morgan fingerprint density at radius 1 is 1.06 bits per heavy atom. The van der Waals surface area contributed by atoms with E-state index in [2.05, 4.69) is 12.1 Å². The van der Waals surface area contributed by atoms with Crippen molar-refractivity contribution in [1.82, 2.24) is 0 Å². The minimum atomic E-state index is -0.152. The molecule has 0 fully saturated rings. The highest BCUT2D eigenvalue weighted by Gasteiger charge is 2.05. The standard InChI is InChI=1S/C13H12Cl2O/c14-8-11(15)9-16-13-7-3-5-10-4-1-2-6-12(10)13/h1-7,11H,8-9H2. The van der Waals surface area contributed by atoms with Crippen molar-refractivity contribution >= 4 is 34.0 Å². The lowest BCUT2D eigenvalue weighted by Gasteiger charge is -2.11. The van der Waals surface area contributed by atoms with E-state index in [9.17, 15) is 0 Å². The molecule has 3 heteroatoms. The highest BCUT2D eigenvalue weighted by Crippen LogP contribution is 2.25. The maximum absolute atomic E-state index is 5.91. The third-order valence-corrected chi connectivity index (χ3v) is 3.15. The molecule has 84 valence electrons. The molecule has 16 heavy (non-hydrogen) atoms. The molecule has 1 nitrogen and oxygen atoms in total. The Bertz CT molecular complexity index is 465. The lowest BCUT2D eigenvalue weighted by atomic mass is 10.1. The third kappa shape index (κ3) is 2.60. The summed E-state index contributed by atoms with van der Waals surface area (Å²) in [4.78, 5) is 0. The molecule has 1 unspecified atom stereocenters. The SMILES string of the molecule is ClCC(Cl)COc1cccc2ccccc12. The van der Waals surface area contributed by atoms with Gasteiger partial charge in [0.25, 0.3) is 0 Å². The molecule has 0 radical (unpaired) electrons. The van der Waals surface area contributed by atoms with Gasteiger partial charge in [0.2, 0.25) is 0 Å². The minimum absolute atomic E-state index is 0.152. The summed E-state index contributed by atoms with van der Waals surface area (Å²) in [6.45, 7) is 0.430. The highest BCUT2D eigenvalue weighted by molar-refractivity contribution is 6.28. The Balaban J connectivity index is 2.23. The van der Waals surface area contributed by atoms with Crippen LogP contribution in [0.25, 0.3) is 10.8 Å². The molecule has 0 bridgehead atoms. The van der Waals surface area contributed by atoms with E-state index in [0.717, 1.165) is 16.5 Å². The first kappa shape index (κ1) is 11.6. The summed E-state index contributed by atoms with van der Waals surface area (Å²) in [6.07, 6.45) is 0. The fraction of sp³-hybridized carbons (Fsp3) is 0.231. The van der Waals surface area contributed by atoms with Crippen LogP contribution in [-0.2, 0) is 0 Å². The van der Waals surface area contributed by atoms with Gasteiger partial charge in [0.15, 0.2) is 0 Å². The topological polar surface area (TPSA) is 9.23 Å². The third-order valence-electron chi connectivity index (χ3n) is 2.34. The van der Waals surface area contributed by atoms with Crippen LogP contribution in [-0.4, -0.2) is 17.9 Å². The number of rotatable bonds is 4. The van der Waals surface area contributed by atoms with Crippen LogP contribution >= 0.6 is 23.2 Å². The van der Waals surface area contributed by atoms with E-state index in [0.29, 0.717) is 12.5 Å². The smallest absolute Gasteiger partial charge is 0.127 e. The second kappa shape index (κ2) is 5.42. The van der Waals surface area contributed by atoms with E-state index < -0.39 is 0 Å². The van der Waals surface area contributed by atoms with E-state index in [1.54, 1.807) is 0 Å². The molecule has 2 aromatic rings. The molecule has 0 aliphatic heterocycles. The summed E-state index contributed by atoms with van der Waals surface area (Å²) in [5.74, 6) is 1.25. The number of ether oxygens (including phenoxy) is 1. The van der Waals surface area contributed by atoms with Crippen molar-refractivity contribution in [3.63, 3.8) is 0 Å². The van der Waals surface area contributed by atoms with Gasteiger partial charge in [-0.15, -0.1) is 23.2 Å². The van der Waals surface area contributed by atoms with E-state index >= 15 is 0 Å². The second-order valence-electron chi connectivity index (χ2n) is 3.54. The van der Waals surface area contributed by atoms with Crippen LogP contribution in [0.1, 0.15) is 0 Å². The molecule has 0 saturated carbocycles. The molecule has 2 aromatic carbocycles. The number of halogens is 2. The van der Waals surface area contributed by atoms with Crippen LogP contribution in [0.15, 0.2) is 42.5 Å². The lowest BCUT2D eigenvalue weighted by molar-refractivity contribution is 0.325. The zero-order valence-electron chi connectivity index (χ0n) is 8.70. The summed E-state index contributed by atoms with van der Waals surface area (Å²) in [5.41, 5.74) is 0. The minimum Gasteiger partial charge on any atom is -0.491 e. The van der Waals surface area contributed by atoms with Crippen LogP contribution in [0.5, 0.6) is 5.75 Å². The fourth-order valence-corrected chi connectivity index (χ4v) is 1.70. The van der Waals surface area contributed by atoms with Gasteiger partial charge in [0, 0.05) is 11.3 Å². The van der Waals surface area contributed by atoms with Gasteiger partial charge in [0.1, 0.15) is 12.4 Å². The van der Waals surface area contributed by atoms with E-state index in [4.69, 9.17) is 27.9 Å². The molecular weight excluding hydrogens is 243 g/mol. The molecule has 0 heterocycles. The number of alkyl halides is 2. The normalized spacial score (nSPS) is 12.6. The summed E-state index contributed by atoms with van der Waals surface area (Å²) < 4.78 is 5.66. The van der Waals surface area contributed by atoms with E-state index in [1.165, 1.54) is 0 Å². The Labute approximate surface area is 105 Å². The van der Waals surface area contributed by atoms with Crippen molar-refractivity contribution in [2.75, 3.05) is 12.5 Å². The Kier molecular flexibility index (Phi) is 3.92. The maximum Gasteiger partial charge on any atom is 0.127 e. The molecule has 0 aliphatic carbocycles. The first-order valence-corrected chi connectivity index (χ1v) is 6.09. The number of hydrogen-bond donors (Lipinski definition) is 0. The van der Waals surface area contributed by atoms with Crippen LogP contribution in [0.4, 0.5) is 0 Å². The summed E-state index contributed by atoms with van der Waals surface area (Å²) >= 11 is 11.5. The monoisotopic (exact) mass is 254 g/mol. The van der Waals surface area contributed by atoms with Gasteiger partial charge >= 0.3 is 0 Å². The van der Waals surface area contributed by atoms with E-state index in [1.807, 2.05) is 30.3 Å². The van der Waals surface area contributed by atoms with Gasteiger partial charge in [0.05, 0.1) is 5.38 Å². The first-order chi connectivity index (χ1) is 7.81. The van der Waals surface area contributed by atoms with Crippen LogP contribution < -0.4 is 4.74 Å². The predicted molar refractivity (Wildman–Crippen MR) is 69.8 cm³/mol. The predicted octanol–water partition coefficient (Wildman–Crippen LogP) is 4.06. The first-order valence-electron chi connectivity index (χ1n) is 5.12. The Hall–Kier alpha value is -0.920. The van der Waals surface area contributed by atoms with Crippen molar-refractivity contribution in [3.8, 4) is 5.75 Å². The second-order valence-corrected chi connectivity index (χ2v) is 4.47. The average molecular weight is 255 g/mol. The van der Waals surface area contributed by atoms with Crippen molar-refractivity contribution in [1.29, 1.82) is 0 Å². The fourth-order valence-electron chi connectivity index (χ4n) is 1.55. The Morgan fingerprint density at radius 3 is 2.62 bits per heavy atom. The van der Waals surface area contributed by atoms with Crippen molar-refractivity contribution in [3.05, 3.63) is 42.5 Å². The van der Waals surface area contributed by atoms with E-state index in [-0.39, 0.29) is 5.38 Å². The molecule has 0 amide bonds. The van der Waals surface area contributed by atoms with Crippen molar-refractivity contribution in [2.45, 2.75) is 5.38 Å². The van der Waals surface area contributed by atoms with Crippen LogP contribution in [0.2, 0.25) is 0 Å².